The maximum atomic E-state index is 5.41. The average molecular weight is 756 g/mol. The molecule has 0 bridgehead atoms. The van der Waals surface area contributed by atoms with E-state index in [4.69, 9.17) is 9.97 Å². The second-order valence-electron chi connectivity index (χ2n) is 14.9. The van der Waals surface area contributed by atoms with Gasteiger partial charge in [0.1, 0.15) is 0 Å². The molecule has 0 aliphatic carbocycles. The van der Waals surface area contributed by atoms with Crippen LogP contribution in [-0.4, -0.2) is 14.5 Å². The lowest BCUT2D eigenvalue weighted by Gasteiger charge is -2.13. The molecule has 0 N–H and O–H groups in total. The van der Waals surface area contributed by atoms with E-state index in [1.807, 2.05) is 11.3 Å². The predicted octanol–water partition coefficient (Wildman–Crippen LogP) is 14.9. The smallest absolute Gasteiger partial charge is 0.235 e. The summed E-state index contributed by atoms with van der Waals surface area (Å²) in [5.41, 5.74) is 12.3. The van der Waals surface area contributed by atoms with E-state index < -0.39 is 0 Å². The van der Waals surface area contributed by atoms with Crippen molar-refractivity contribution < 1.29 is 0 Å². The minimum atomic E-state index is 0.657. The van der Waals surface area contributed by atoms with Gasteiger partial charge in [0.25, 0.3) is 0 Å². The lowest BCUT2D eigenvalue weighted by molar-refractivity contribution is 1.01. The van der Waals surface area contributed by atoms with Crippen molar-refractivity contribution in [3.63, 3.8) is 0 Å². The summed E-state index contributed by atoms with van der Waals surface area (Å²) < 4.78 is 4.91. The van der Waals surface area contributed by atoms with Crippen LogP contribution in [0.3, 0.4) is 0 Å². The van der Waals surface area contributed by atoms with Crippen LogP contribution < -0.4 is 0 Å². The number of benzene rings is 9. The van der Waals surface area contributed by atoms with Crippen LogP contribution in [0.1, 0.15) is 0 Å². The van der Waals surface area contributed by atoms with Crippen LogP contribution in [0.5, 0.6) is 0 Å². The Kier molecular flexibility index (Phi) is 7.40. The van der Waals surface area contributed by atoms with E-state index in [1.165, 1.54) is 69.5 Å². The van der Waals surface area contributed by atoms with Crippen molar-refractivity contribution in [2.45, 2.75) is 0 Å². The average Bonchev–Trinajstić information content (AvgIpc) is 3.85. The number of para-hydroxylation sites is 2. The Morgan fingerprint density at radius 3 is 1.91 bits per heavy atom. The second-order valence-corrected chi connectivity index (χ2v) is 16.0. The van der Waals surface area contributed by atoms with Crippen LogP contribution in [-0.2, 0) is 0 Å². The Hall–Kier alpha value is -7.40. The Bertz CT molecular complexity index is 3560. The first-order valence-corrected chi connectivity index (χ1v) is 20.5. The SMILES string of the molecule is c1ccc(-c2cccc(-c3nc(-n4c5ccccc5c5c6cc(-c7ccc(-c8cccc9c8sc8ccccc89)cc7)ccc6ccc54)nc4ccccc34)c2)cc1. The van der Waals surface area contributed by atoms with Gasteiger partial charge in [0.2, 0.25) is 5.95 Å². The van der Waals surface area contributed by atoms with Gasteiger partial charge in [0.15, 0.2) is 0 Å². The maximum absolute atomic E-state index is 5.41. The number of aromatic nitrogens is 3. The van der Waals surface area contributed by atoms with Gasteiger partial charge in [-0.1, -0.05) is 164 Å². The summed E-state index contributed by atoms with van der Waals surface area (Å²) >= 11 is 1.88. The lowest BCUT2D eigenvalue weighted by Crippen LogP contribution is -2.03. The summed E-state index contributed by atoms with van der Waals surface area (Å²) in [5, 5.41) is 8.46. The molecule has 0 atom stereocenters. The Balaban J connectivity index is 1.01. The molecule has 3 nitrogen and oxygen atoms in total. The zero-order valence-corrected chi connectivity index (χ0v) is 32.1. The lowest BCUT2D eigenvalue weighted by atomic mass is 9.96. The number of thiophene rings is 1. The summed E-state index contributed by atoms with van der Waals surface area (Å²) in [5.74, 6) is 0.657. The highest BCUT2D eigenvalue weighted by molar-refractivity contribution is 7.26. The largest absolute Gasteiger partial charge is 0.278 e. The van der Waals surface area contributed by atoms with Crippen molar-refractivity contribution in [2.75, 3.05) is 0 Å². The highest BCUT2D eigenvalue weighted by Gasteiger charge is 2.19. The maximum Gasteiger partial charge on any atom is 0.235 e. The molecule has 58 heavy (non-hydrogen) atoms. The van der Waals surface area contributed by atoms with Crippen LogP contribution in [0.25, 0.3) is 114 Å². The zero-order valence-electron chi connectivity index (χ0n) is 31.3. The van der Waals surface area contributed by atoms with Gasteiger partial charge in [-0.15, -0.1) is 11.3 Å². The molecule has 270 valence electrons. The van der Waals surface area contributed by atoms with Crippen molar-refractivity contribution in [1.82, 2.24) is 14.5 Å². The number of hydrogen-bond donors (Lipinski definition) is 0. The van der Waals surface area contributed by atoms with Gasteiger partial charge >= 0.3 is 0 Å². The monoisotopic (exact) mass is 755 g/mol. The summed E-state index contributed by atoms with van der Waals surface area (Å²) in [6.45, 7) is 0. The molecular weight excluding hydrogens is 723 g/mol. The Labute approximate surface area is 338 Å². The van der Waals surface area contributed by atoms with E-state index in [9.17, 15) is 0 Å². The van der Waals surface area contributed by atoms with E-state index in [0.717, 1.165) is 38.8 Å². The third-order valence-electron chi connectivity index (χ3n) is 11.6. The minimum Gasteiger partial charge on any atom is -0.278 e. The van der Waals surface area contributed by atoms with Crippen LogP contribution in [0, 0.1) is 0 Å². The van der Waals surface area contributed by atoms with Crippen molar-refractivity contribution in [3.05, 3.63) is 200 Å². The Morgan fingerprint density at radius 1 is 0.379 bits per heavy atom. The van der Waals surface area contributed by atoms with Gasteiger partial charge in [0.05, 0.1) is 22.2 Å². The third kappa shape index (κ3) is 5.19. The number of fused-ring (bicyclic) bond motifs is 9. The molecule has 0 saturated carbocycles. The van der Waals surface area contributed by atoms with Gasteiger partial charge in [0, 0.05) is 41.9 Å². The molecule has 3 heterocycles. The third-order valence-corrected chi connectivity index (χ3v) is 12.8. The Morgan fingerprint density at radius 2 is 1.02 bits per heavy atom. The fourth-order valence-corrected chi connectivity index (χ4v) is 10.1. The molecule has 12 rings (SSSR count). The topological polar surface area (TPSA) is 30.7 Å². The van der Waals surface area contributed by atoms with Crippen molar-refractivity contribution >= 4 is 75.0 Å². The van der Waals surface area contributed by atoms with E-state index >= 15 is 0 Å². The molecule has 0 radical (unpaired) electrons. The molecule has 0 unspecified atom stereocenters. The van der Waals surface area contributed by atoms with Crippen LogP contribution in [0.2, 0.25) is 0 Å². The molecule has 0 aliphatic heterocycles. The fourth-order valence-electron chi connectivity index (χ4n) is 8.86. The van der Waals surface area contributed by atoms with Gasteiger partial charge in [-0.2, -0.15) is 0 Å². The van der Waals surface area contributed by atoms with Gasteiger partial charge in [-0.25, -0.2) is 9.97 Å². The molecule has 0 saturated heterocycles. The summed E-state index contributed by atoms with van der Waals surface area (Å²) in [4.78, 5) is 10.7. The standard InChI is InChI=1S/C54H33N3S/c1-2-12-34(13-3-1)38-14-10-15-40(32-38)52-44-17-4-7-21-47(44)55-54(56-52)57-48-22-8-5-18-45(48)51-46-33-39(29-28-37(46)30-31-49(51)57)35-24-26-36(27-25-35)41-19-11-20-43-42-16-6-9-23-50(42)58-53(41)43/h1-33H. The molecule has 0 aliphatic rings. The van der Waals surface area contributed by atoms with E-state index in [1.54, 1.807) is 0 Å². The minimum absolute atomic E-state index is 0.657. The first kappa shape index (κ1) is 32.8. The highest BCUT2D eigenvalue weighted by atomic mass is 32.1. The van der Waals surface area contributed by atoms with Crippen LogP contribution in [0.4, 0.5) is 0 Å². The van der Waals surface area contributed by atoms with Crippen LogP contribution >= 0.6 is 11.3 Å². The molecule has 4 heteroatoms. The summed E-state index contributed by atoms with van der Waals surface area (Å²) in [6.07, 6.45) is 0. The molecule has 3 aromatic heterocycles. The zero-order chi connectivity index (χ0) is 38.2. The molecule has 0 fully saturated rings. The van der Waals surface area contributed by atoms with E-state index in [-0.39, 0.29) is 0 Å². The molecule has 12 aromatic rings. The molecule has 0 spiro atoms. The second kappa shape index (κ2) is 13.1. The molecule has 0 amide bonds. The van der Waals surface area contributed by atoms with Gasteiger partial charge in [-0.05, 0) is 80.6 Å². The molecule has 9 aromatic carbocycles. The van der Waals surface area contributed by atoms with E-state index in [2.05, 4.69) is 205 Å². The summed E-state index contributed by atoms with van der Waals surface area (Å²) in [6, 6.07) is 72.0. The summed E-state index contributed by atoms with van der Waals surface area (Å²) in [7, 11) is 0. The number of hydrogen-bond acceptors (Lipinski definition) is 3. The van der Waals surface area contributed by atoms with Crippen molar-refractivity contribution in [3.8, 4) is 50.6 Å². The van der Waals surface area contributed by atoms with Gasteiger partial charge in [-0.3, -0.25) is 4.57 Å². The molecular formula is C54H33N3S. The van der Waals surface area contributed by atoms with Crippen molar-refractivity contribution in [1.29, 1.82) is 0 Å². The van der Waals surface area contributed by atoms with Gasteiger partial charge < -0.3 is 0 Å². The first-order valence-electron chi connectivity index (χ1n) is 19.7. The fraction of sp³-hybridized carbons (Fsp3) is 0. The first-order chi connectivity index (χ1) is 28.7. The number of rotatable bonds is 5. The highest BCUT2D eigenvalue weighted by Crippen LogP contribution is 2.42. The van der Waals surface area contributed by atoms with Crippen LogP contribution in [0.15, 0.2) is 200 Å². The normalized spacial score (nSPS) is 11.8. The predicted molar refractivity (Wildman–Crippen MR) is 246 cm³/mol. The van der Waals surface area contributed by atoms with E-state index in [0.29, 0.717) is 5.95 Å². The number of nitrogens with zero attached hydrogens (tertiary/aromatic N) is 3. The van der Waals surface area contributed by atoms with Crippen molar-refractivity contribution in [2.24, 2.45) is 0 Å². The quantitative estimate of drug-likeness (QED) is 0.175.